The number of nitrogens with zero attached hydrogens (tertiary/aromatic N) is 2. The number of benzene rings is 2. The van der Waals surface area contributed by atoms with Crippen LogP contribution >= 0.6 is 0 Å². The lowest BCUT2D eigenvalue weighted by Gasteiger charge is -2.44. The van der Waals surface area contributed by atoms with Crippen LogP contribution in [0.2, 0.25) is 0 Å². The zero-order valence-electron chi connectivity index (χ0n) is 15.9. The standard InChI is InChI=1S/C22H20N2O5/c1-2-29-22-17(18(25)15-9-5-3-6-10-15)19(26)20(27)24(22)14-13-23(21(22)28)16-11-7-4-8-12-16/h3-12,25H,2,13-14H2,1H3/b18-17-. The maximum Gasteiger partial charge on any atom is 0.297 e. The molecule has 2 heterocycles. The Balaban J connectivity index is 1.93. The summed E-state index contributed by atoms with van der Waals surface area (Å²) in [5.74, 6) is -2.78. The molecule has 4 rings (SSSR count). The minimum absolute atomic E-state index is 0.0665. The molecule has 1 N–H and O–H groups in total. The van der Waals surface area contributed by atoms with Gasteiger partial charge >= 0.3 is 0 Å². The molecule has 2 aliphatic heterocycles. The molecule has 1 atom stereocenters. The molecule has 7 nitrogen and oxygen atoms in total. The number of hydrogen-bond donors (Lipinski definition) is 1. The third kappa shape index (κ3) is 2.74. The summed E-state index contributed by atoms with van der Waals surface area (Å²) in [5.41, 5.74) is -1.37. The van der Waals surface area contributed by atoms with Crippen molar-refractivity contribution in [1.82, 2.24) is 4.90 Å². The van der Waals surface area contributed by atoms with Crippen LogP contribution in [0.1, 0.15) is 12.5 Å². The lowest BCUT2D eigenvalue weighted by Crippen LogP contribution is -2.66. The normalized spacial score (nSPS) is 23.4. The van der Waals surface area contributed by atoms with Crippen molar-refractivity contribution in [1.29, 1.82) is 0 Å². The van der Waals surface area contributed by atoms with Crippen molar-refractivity contribution in [3.8, 4) is 0 Å². The summed E-state index contributed by atoms with van der Waals surface area (Å²) in [5, 5.41) is 10.9. The fraction of sp³-hybridized carbons (Fsp3) is 0.227. The Morgan fingerprint density at radius 2 is 1.62 bits per heavy atom. The zero-order valence-corrected chi connectivity index (χ0v) is 15.9. The summed E-state index contributed by atoms with van der Waals surface area (Å²) in [6.07, 6.45) is 0. The van der Waals surface area contributed by atoms with E-state index in [9.17, 15) is 19.5 Å². The molecule has 148 valence electrons. The number of aliphatic hydroxyl groups excluding tert-OH is 1. The molecule has 2 aromatic rings. The van der Waals surface area contributed by atoms with Crippen molar-refractivity contribution in [3.63, 3.8) is 0 Å². The predicted octanol–water partition coefficient (Wildman–Crippen LogP) is 2.15. The third-order valence-corrected chi connectivity index (χ3v) is 5.17. The van der Waals surface area contributed by atoms with E-state index >= 15 is 0 Å². The summed E-state index contributed by atoms with van der Waals surface area (Å²) >= 11 is 0. The number of amides is 2. The van der Waals surface area contributed by atoms with Gasteiger partial charge in [-0.3, -0.25) is 19.3 Å². The highest BCUT2D eigenvalue weighted by atomic mass is 16.5. The van der Waals surface area contributed by atoms with Gasteiger partial charge in [0.1, 0.15) is 11.3 Å². The van der Waals surface area contributed by atoms with E-state index in [2.05, 4.69) is 0 Å². The van der Waals surface area contributed by atoms with Crippen LogP contribution in [0, 0.1) is 0 Å². The fourth-order valence-corrected chi connectivity index (χ4v) is 3.91. The second kappa shape index (κ2) is 7.18. The van der Waals surface area contributed by atoms with Crippen LogP contribution in [0.5, 0.6) is 0 Å². The molecule has 0 aromatic heterocycles. The monoisotopic (exact) mass is 392 g/mol. The number of hydrogen-bond acceptors (Lipinski definition) is 5. The number of carbonyl (C=O) groups excluding carboxylic acids is 3. The number of Topliss-reactive ketones (excluding diaryl/α,β-unsaturated/α-hetero) is 1. The van der Waals surface area contributed by atoms with Crippen molar-refractivity contribution >= 4 is 29.0 Å². The fourth-order valence-electron chi connectivity index (χ4n) is 3.91. The van der Waals surface area contributed by atoms with Gasteiger partial charge in [-0.15, -0.1) is 0 Å². The van der Waals surface area contributed by atoms with Gasteiger partial charge in [0.2, 0.25) is 0 Å². The maximum atomic E-state index is 13.7. The first kappa shape index (κ1) is 18.9. The molecule has 2 fully saturated rings. The molecule has 0 spiro atoms. The quantitative estimate of drug-likeness (QED) is 0.489. The molecule has 29 heavy (non-hydrogen) atoms. The minimum atomic E-state index is -1.99. The van der Waals surface area contributed by atoms with Gasteiger partial charge in [-0.05, 0) is 19.1 Å². The molecule has 2 amide bonds. The predicted molar refractivity (Wildman–Crippen MR) is 106 cm³/mol. The molecule has 2 aliphatic rings. The summed E-state index contributed by atoms with van der Waals surface area (Å²) in [6.45, 7) is 2.07. The molecular formula is C22H20N2O5. The molecule has 0 bridgehead atoms. The van der Waals surface area contributed by atoms with Crippen molar-refractivity contribution in [2.45, 2.75) is 12.6 Å². The van der Waals surface area contributed by atoms with Crippen LogP contribution in [-0.2, 0) is 19.1 Å². The van der Waals surface area contributed by atoms with Crippen molar-refractivity contribution in [2.75, 3.05) is 24.6 Å². The number of rotatable bonds is 4. The van der Waals surface area contributed by atoms with Crippen LogP contribution in [0.25, 0.3) is 5.76 Å². The SMILES string of the molecule is CCOC12C(=O)N(c3ccccc3)CCN1C(=O)C(=O)/C2=C(/O)c1ccccc1. The molecule has 2 aromatic carbocycles. The van der Waals surface area contributed by atoms with E-state index in [1.165, 1.54) is 4.90 Å². The molecule has 0 radical (unpaired) electrons. The number of fused-ring (bicyclic) bond motifs is 1. The smallest absolute Gasteiger partial charge is 0.297 e. The Labute approximate surface area is 167 Å². The van der Waals surface area contributed by atoms with Gasteiger partial charge in [-0.2, -0.15) is 0 Å². The van der Waals surface area contributed by atoms with Crippen molar-refractivity contribution in [2.24, 2.45) is 0 Å². The lowest BCUT2D eigenvalue weighted by molar-refractivity contribution is -0.171. The maximum absolute atomic E-state index is 13.7. The topological polar surface area (TPSA) is 87.2 Å². The number of anilines is 1. The van der Waals surface area contributed by atoms with Crippen LogP contribution in [0.3, 0.4) is 0 Å². The molecule has 1 unspecified atom stereocenters. The van der Waals surface area contributed by atoms with Crippen molar-refractivity contribution < 1.29 is 24.2 Å². The van der Waals surface area contributed by atoms with E-state index in [-0.39, 0.29) is 25.3 Å². The van der Waals surface area contributed by atoms with E-state index < -0.39 is 29.1 Å². The van der Waals surface area contributed by atoms with Crippen LogP contribution in [0.4, 0.5) is 5.69 Å². The van der Waals surface area contributed by atoms with Gasteiger partial charge in [-0.1, -0.05) is 48.5 Å². The molecular weight excluding hydrogens is 372 g/mol. The Hall–Kier alpha value is -3.45. The van der Waals surface area contributed by atoms with Gasteiger partial charge < -0.3 is 14.7 Å². The van der Waals surface area contributed by atoms with Gasteiger partial charge in [0.15, 0.2) is 0 Å². The van der Waals surface area contributed by atoms with Crippen LogP contribution in [-0.4, -0.2) is 53.0 Å². The summed E-state index contributed by atoms with van der Waals surface area (Å²) in [4.78, 5) is 41.9. The Morgan fingerprint density at radius 3 is 2.24 bits per heavy atom. The number of piperazine rings is 1. The van der Waals surface area contributed by atoms with Crippen molar-refractivity contribution in [3.05, 3.63) is 71.8 Å². The van der Waals surface area contributed by atoms with E-state index in [1.807, 2.05) is 6.07 Å². The average Bonchev–Trinajstić information content (AvgIpc) is 2.97. The van der Waals surface area contributed by atoms with Gasteiger partial charge in [0.25, 0.3) is 23.3 Å². The van der Waals surface area contributed by atoms with Gasteiger partial charge in [0, 0.05) is 30.9 Å². The summed E-state index contributed by atoms with van der Waals surface area (Å²) < 4.78 is 5.83. The lowest BCUT2D eigenvalue weighted by atomic mass is 9.94. The minimum Gasteiger partial charge on any atom is -0.507 e. The van der Waals surface area contributed by atoms with E-state index in [4.69, 9.17) is 4.74 Å². The van der Waals surface area contributed by atoms with Crippen LogP contribution in [0.15, 0.2) is 66.2 Å². The second-order valence-corrected chi connectivity index (χ2v) is 6.74. The average molecular weight is 392 g/mol. The number of aliphatic hydroxyl groups is 1. The number of ether oxygens (including phenoxy) is 1. The number of carbonyl (C=O) groups is 3. The third-order valence-electron chi connectivity index (χ3n) is 5.17. The first-order valence-electron chi connectivity index (χ1n) is 9.38. The van der Waals surface area contributed by atoms with E-state index in [1.54, 1.807) is 61.5 Å². The van der Waals surface area contributed by atoms with Gasteiger partial charge in [0.05, 0.1) is 0 Å². The summed E-state index contributed by atoms with van der Waals surface area (Å²) in [6, 6.07) is 17.3. The Morgan fingerprint density at radius 1 is 1.00 bits per heavy atom. The zero-order chi connectivity index (χ0) is 20.6. The van der Waals surface area contributed by atoms with Crippen LogP contribution < -0.4 is 4.90 Å². The first-order valence-corrected chi connectivity index (χ1v) is 9.38. The highest BCUT2D eigenvalue weighted by Gasteiger charge is 2.65. The molecule has 7 heteroatoms. The molecule has 2 saturated heterocycles. The highest BCUT2D eigenvalue weighted by molar-refractivity contribution is 6.49. The first-order chi connectivity index (χ1) is 14.0. The van der Waals surface area contributed by atoms with Gasteiger partial charge in [-0.25, -0.2) is 0 Å². The summed E-state index contributed by atoms with van der Waals surface area (Å²) in [7, 11) is 0. The largest absolute Gasteiger partial charge is 0.507 e. The number of para-hydroxylation sites is 1. The Bertz CT molecular complexity index is 1000. The molecule has 0 saturated carbocycles. The van der Waals surface area contributed by atoms with E-state index in [0.29, 0.717) is 11.3 Å². The Kier molecular flexibility index (Phi) is 4.68. The second-order valence-electron chi connectivity index (χ2n) is 6.74. The van der Waals surface area contributed by atoms with E-state index in [0.717, 1.165) is 4.90 Å². The molecule has 0 aliphatic carbocycles. The number of ketones is 1. The highest BCUT2D eigenvalue weighted by Crippen LogP contribution is 2.42.